The molecule has 0 atom stereocenters. The van der Waals surface area contributed by atoms with E-state index in [1.165, 1.54) is 11.3 Å². The zero-order valence-electron chi connectivity index (χ0n) is 10.8. The smallest absolute Gasteiger partial charge is 0.259 e. The summed E-state index contributed by atoms with van der Waals surface area (Å²) < 4.78 is 0.977. The van der Waals surface area contributed by atoms with Crippen LogP contribution in [0.1, 0.15) is 21.7 Å². The fourth-order valence-corrected chi connectivity index (χ4v) is 2.97. The lowest BCUT2D eigenvalue weighted by Crippen LogP contribution is -2.14. The molecule has 0 spiro atoms. The van der Waals surface area contributed by atoms with Crippen LogP contribution in [0.25, 0.3) is 10.2 Å². The fraction of sp³-hybridized carbons (Fsp3) is 0.154. The number of amides is 1. The summed E-state index contributed by atoms with van der Waals surface area (Å²) in [7, 11) is 0. The molecular weight excluding hydrogens is 296 g/mol. The summed E-state index contributed by atoms with van der Waals surface area (Å²) in [5, 5.41) is 10.1. The number of nitrogens with one attached hydrogen (secondary N) is 2. The standard InChI is InChI=1S/C13H11ClN4OS/c1-6-10(7(2)18-17-6)13(19)16-11-8(14)3-4-9-12(11)15-5-20-9/h3-5H,1-2H3,(H,16,19)(H,17,18). The van der Waals surface area contributed by atoms with E-state index in [1.807, 2.05) is 6.07 Å². The van der Waals surface area contributed by atoms with Gasteiger partial charge in [0.1, 0.15) is 5.52 Å². The summed E-state index contributed by atoms with van der Waals surface area (Å²) in [6.45, 7) is 3.59. The Morgan fingerprint density at radius 1 is 1.40 bits per heavy atom. The lowest BCUT2D eigenvalue weighted by Gasteiger charge is -2.08. The largest absolute Gasteiger partial charge is 0.319 e. The van der Waals surface area contributed by atoms with Gasteiger partial charge in [0.2, 0.25) is 0 Å². The van der Waals surface area contributed by atoms with E-state index < -0.39 is 0 Å². The maximum Gasteiger partial charge on any atom is 0.259 e. The molecule has 0 saturated carbocycles. The van der Waals surface area contributed by atoms with Crippen LogP contribution in [0, 0.1) is 13.8 Å². The summed E-state index contributed by atoms with van der Waals surface area (Å²) in [6.07, 6.45) is 0. The van der Waals surface area contributed by atoms with Gasteiger partial charge in [0.15, 0.2) is 0 Å². The van der Waals surface area contributed by atoms with Crippen LogP contribution in [0.15, 0.2) is 17.6 Å². The Kier molecular flexibility index (Phi) is 3.19. The molecule has 1 aromatic carbocycles. The Hall–Kier alpha value is -1.92. The van der Waals surface area contributed by atoms with Crippen LogP contribution in [0.5, 0.6) is 0 Å². The number of aryl methyl sites for hydroxylation is 2. The summed E-state index contributed by atoms with van der Waals surface area (Å²) >= 11 is 7.67. The number of fused-ring (bicyclic) bond motifs is 1. The molecule has 5 nitrogen and oxygen atoms in total. The van der Waals surface area contributed by atoms with Gasteiger partial charge >= 0.3 is 0 Å². The van der Waals surface area contributed by atoms with Crippen molar-refractivity contribution in [2.75, 3.05) is 5.32 Å². The number of aromatic nitrogens is 3. The summed E-state index contributed by atoms with van der Waals surface area (Å²) in [4.78, 5) is 16.6. The molecular formula is C13H11ClN4OS. The number of aromatic amines is 1. The number of hydrogen-bond donors (Lipinski definition) is 2. The van der Waals surface area contributed by atoms with Gasteiger partial charge in [-0.15, -0.1) is 11.3 Å². The molecule has 2 aromatic heterocycles. The van der Waals surface area contributed by atoms with Crippen LogP contribution in [0.3, 0.4) is 0 Å². The average Bonchev–Trinajstić information content (AvgIpc) is 3.00. The topological polar surface area (TPSA) is 70.7 Å². The number of carbonyl (C=O) groups excluding carboxylic acids is 1. The van der Waals surface area contributed by atoms with Crippen molar-refractivity contribution in [3.63, 3.8) is 0 Å². The van der Waals surface area contributed by atoms with E-state index in [1.54, 1.807) is 25.4 Å². The minimum atomic E-state index is -0.240. The molecule has 0 aliphatic rings. The van der Waals surface area contributed by atoms with Crippen LogP contribution in [-0.4, -0.2) is 21.1 Å². The number of carbonyl (C=O) groups is 1. The number of anilines is 1. The van der Waals surface area contributed by atoms with Gasteiger partial charge in [0.25, 0.3) is 5.91 Å². The van der Waals surface area contributed by atoms with Gasteiger partial charge in [0.05, 0.1) is 32.2 Å². The molecule has 3 rings (SSSR count). The van der Waals surface area contributed by atoms with Crippen molar-refractivity contribution in [2.45, 2.75) is 13.8 Å². The third kappa shape index (κ3) is 2.07. The monoisotopic (exact) mass is 306 g/mol. The normalized spacial score (nSPS) is 10.9. The molecule has 20 heavy (non-hydrogen) atoms. The summed E-state index contributed by atoms with van der Waals surface area (Å²) in [5.41, 5.74) is 4.88. The maximum atomic E-state index is 12.4. The highest BCUT2D eigenvalue weighted by Crippen LogP contribution is 2.32. The number of halogens is 1. The van der Waals surface area contributed by atoms with Crippen molar-refractivity contribution < 1.29 is 4.79 Å². The lowest BCUT2D eigenvalue weighted by molar-refractivity contribution is 0.102. The van der Waals surface area contributed by atoms with Gasteiger partial charge in [-0.2, -0.15) is 5.10 Å². The van der Waals surface area contributed by atoms with Gasteiger partial charge in [0, 0.05) is 5.69 Å². The van der Waals surface area contributed by atoms with Crippen molar-refractivity contribution in [1.82, 2.24) is 15.2 Å². The van der Waals surface area contributed by atoms with Gasteiger partial charge < -0.3 is 5.32 Å². The molecule has 7 heteroatoms. The predicted molar refractivity (Wildman–Crippen MR) is 80.6 cm³/mol. The SMILES string of the molecule is Cc1n[nH]c(C)c1C(=O)Nc1c(Cl)ccc2scnc12. The highest BCUT2D eigenvalue weighted by molar-refractivity contribution is 7.16. The first-order chi connectivity index (χ1) is 9.58. The molecule has 2 heterocycles. The minimum absolute atomic E-state index is 0.240. The van der Waals surface area contributed by atoms with Crippen LogP contribution < -0.4 is 5.32 Å². The number of benzene rings is 1. The second-order valence-corrected chi connectivity index (χ2v) is 5.68. The molecule has 0 saturated heterocycles. The van der Waals surface area contributed by atoms with Crippen molar-refractivity contribution >= 4 is 44.7 Å². The summed E-state index contributed by atoms with van der Waals surface area (Å²) in [5.74, 6) is -0.240. The molecule has 0 aliphatic heterocycles. The molecule has 1 amide bonds. The molecule has 0 fully saturated rings. The fourth-order valence-electron chi connectivity index (χ4n) is 2.09. The first-order valence-corrected chi connectivity index (χ1v) is 7.18. The molecule has 3 aromatic rings. The van der Waals surface area contributed by atoms with Crippen LogP contribution >= 0.6 is 22.9 Å². The average molecular weight is 307 g/mol. The van der Waals surface area contributed by atoms with Crippen molar-refractivity contribution in [3.8, 4) is 0 Å². The third-order valence-electron chi connectivity index (χ3n) is 3.05. The van der Waals surface area contributed by atoms with Gasteiger partial charge in [-0.25, -0.2) is 4.98 Å². The summed E-state index contributed by atoms with van der Waals surface area (Å²) in [6, 6.07) is 3.64. The third-order valence-corrected chi connectivity index (χ3v) is 4.15. The zero-order valence-corrected chi connectivity index (χ0v) is 12.4. The van der Waals surface area contributed by atoms with Crippen molar-refractivity contribution in [3.05, 3.63) is 39.6 Å². The number of hydrogen-bond acceptors (Lipinski definition) is 4. The highest BCUT2D eigenvalue weighted by Gasteiger charge is 2.18. The van der Waals surface area contributed by atoms with Crippen molar-refractivity contribution in [2.24, 2.45) is 0 Å². The molecule has 102 valence electrons. The Morgan fingerprint density at radius 3 is 2.90 bits per heavy atom. The highest BCUT2D eigenvalue weighted by atomic mass is 35.5. The lowest BCUT2D eigenvalue weighted by atomic mass is 10.2. The number of H-pyrrole nitrogens is 1. The molecule has 0 aliphatic carbocycles. The molecule has 2 N–H and O–H groups in total. The number of nitrogens with zero attached hydrogens (tertiary/aromatic N) is 2. The Morgan fingerprint density at radius 2 is 2.20 bits per heavy atom. The van der Waals surface area contributed by atoms with Gasteiger partial charge in [-0.1, -0.05) is 11.6 Å². The predicted octanol–water partition coefficient (Wildman–Crippen LogP) is 3.54. The van der Waals surface area contributed by atoms with Crippen molar-refractivity contribution in [1.29, 1.82) is 0 Å². The van der Waals surface area contributed by atoms with E-state index in [4.69, 9.17) is 11.6 Å². The maximum absolute atomic E-state index is 12.4. The first kappa shape index (κ1) is 13.1. The Balaban J connectivity index is 2.03. The Labute approximate surface area is 124 Å². The second kappa shape index (κ2) is 4.88. The van der Waals surface area contributed by atoms with E-state index >= 15 is 0 Å². The van der Waals surface area contributed by atoms with E-state index in [-0.39, 0.29) is 5.91 Å². The van der Waals surface area contributed by atoms with E-state index in [0.717, 1.165) is 10.4 Å². The Bertz CT molecular complexity index is 788. The minimum Gasteiger partial charge on any atom is -0.319 e. The molecule has 0 radical (unpaired) electrons. The van der Waals surface area contributed by atoms with Crippen LogP contribution in [0.4, 0.5) is 5.69 Å². The number of rotatable bonds is 2. The van der Waals surface area contributed by atoms with E-state index in [2.05, 4.69) is 20.5 Å². The number of thiazole rings is 1. The van der Waals surface area contributed by atoms with Crippen LogP contribution in [-0.2, 0) is 0 Å². The molecule has 0 unspecified atom stereocenters. The van der Waals surface area contributed by atoms with Gasteiger partial charge in [-0.05, 0) is 26.0 Å². The first-order valence-electron chi connectivity index (χ1n) is 5.92. The molecule has 0 bridgehead atoms. The quantitative estimate of drug-likeness (QED) is 0.760. The van der Waals surface area contributed by atoms with Crippen LogP contribution in [0.2, 0.25) is 5.02 Å². The second-order valence-electron chi connectivity index (χ2n) is 4.38. The van der Waals surface area contributed by atoms with Gasteiger partial charge in [-0.3, -0.25) is 9.89 Å². The van der Waals surface area contributed by atoms with E-state index in [9.17, 15) is 4.79 Å². The zero-order chi connectivity index (χ0) is 14.3. The van der Waals surface area contributed by atoms with E-state index in [0.29, 0.717) is 27.5 Å².